The predicted molar refractivity (Wildman–Crippen MR) is 221 cm³/mol. The quantitative estimate of drug-likeness (QED) is 0.194. The normalized spacial score (nSPS) is 39.2. The van der Waals surface area contributed by atoms with Gasteiger partial charge in [-0.05, 0) is 147 Å². The van der Waals surface area contributed by atoms with Gasteiger partial charge in [-0.3, -0.25) is 19.4 Å². The van der Waals surface area contributed by atoms with E-state index in [-0.39, 0.29) is 58.5 Å². The molecular formula is C48H68N4O6. The number of aliphatic carboxylic acids is 1. The molecule has 1 saturated heterocycles. The molecule has 5 saturated carbocycles. The van der Waals surface area contributed by atoms with Crippen molar-refractivity contribution in [3.05, 3.63) is 42.6 Å². The third-order valence-electron chi connectivity index (χ3n) is 18.1. The van der Waals surface area contributed by atoms with Gasteiger partial charge < -0.3 is 19.3 Å². The smallest absolute Gasteiger partial charge is 0.306 e. The first-order valence-corrected chi connectivity index (χ1v) is 22.4. The highest BCUT2D eigenvalue weighted by Gasteiger charge is 2.72. The zero-order valence-electron chi connectivity index (χ0n) is 36.4. The number of carboxylic acids is 1. The Bertz CT molecular complexity index is 1940. The molecule has 5 aliphatic carbocycles. The lowest BCUT2D eigenvalue weighted by Gasteiger charge is -2.73. The molecule has 0 radical (unpaired) electrons. The van der Waals surface area contributed by atoms with E-state index < -0.39 is 16.8 Å². The van der Waals surface area contributed by atoms with Crippen LogP contribution in [0.4, 0.5) is 0 Å². The SMILES string of the molecule is C=C(C)[C@@H]1CC[C@]2(C(=O)N3CCC[C@@H]3c3nc(-c4cccnc4)no3)CC[C@]3(C)[C@H](CC[C@@H]4[C@@]5(C)CC[C@H](OC(=O)CC(C)(C)CC(=O)O)C(C)(C)[C@@H]5CC[C@]43C)[C@@H]12. The lowest BCUT2D eigenvalue weighted by atomic mass is 9.32. The van der Waals surface area contributed by atoms with Crippen LogP contribution >= 0.6 is 0 Å². The van der Waals surface area contributed by atoms with Gasteiger partial charge in [-0.1, -0.05) is 65.8 Å². The number of hydrogen-bond donors (Lipinski definition) is 1. The minimum absolute atomic E-state index is 0.0622. The zero-order chi connectivity index (χ0) is 41.6. The van der Waals surface area contributed by atoms with Gasteiger partial charge in [-0.25, -0.2) is 0 Å². The standard InChI is InChI=1S/C48H68N4O6/c1-29(2)31-16-21-48(42(56)52-25-11-13-33(52)41-50-40(51-58-41)30-12-10-24-49-28-30)23-22-46(8)32(39(31)48)14-15-35-45(7)19-18-36(44(5,6)34(45)17-20-47(35,46)9)57-38(55)27-43(3,4)26-37(53)54/h10,12,24,28,31-36,39H,1,11,13-23,25-27H2,2-9H3,(H,53,54)/t31-,32+,33+,34-,35+,36-,39+,45-,46+,47+,48-/m0/s1. The number of fused-ring (bicyclic) bond motifs is 7. The maximum absolute atomic E-state index is 15.4. The minimum Gasteiger partial charge on any atom is -0.481 e. The Morgan fingerprint density at radius 2 is 1.72 bits per heavy atom. The van der Waals surface area contributed by atoms with Crippen LogP contribution in [0.2, 0.25) is 0 Å². The summed E-state index contributed by atoms with van der Waals surface area (Å²) >= 11 is 0. The molecule has 3 heterocycles. The highest BCUT2D eigenvalue weighted by molar-refractivity contribution is 5.84. The van der Waals surface area contributed by atoms with E-state index in [1.807, 2.05) is 26.0 Å². The van der Waals surface area contributed by atoms with E-state index in [9.17, 15) is 14.7 Å². The number of carbonyl (C=O) groups excluding carboxylic acids is 2. The number of rotatable bonds is 9. The van der Waals surface area contributed by atoms with Crippen LogP contribution in [0.25, 0.3) is 11.4 Å². The van der Waals surface area contributed by atoms with Crippen molar-refractivity contribution >= 4 is 17.8 Å². The van der Waals surface area contributed by atoms with E-state index in [0.29, 0.717) is 47.8 Å². The van der Waals surface area contributed by atoms with Gasteiger partial charge in [0.25, 0.3) is 0 Å². The summed E-state index contributed by atoms with van der Waals surface area (Å²) < 4.78 is 12.2. The predicted octanol–water partition coefficient (Wildman–Crippen LogP) is 10.3. The van der Waals surface area contributed by atoms with Crippen LogP contribution in [-0.4, -0.2) is 55.6 Å². The maximum atomic E-state index is 15.4. The summed E-state index contributed by atoms with van der Waals surface area (Å²) in [4.78, 5) is 51.4. The Morgan fingerprint density at radius 1 is 0.948 bits per heavy atom. The van der Waals surface area contributed by atoms with Crippen LogP contribution in [0.1, 0.15) is 157 Å². The number of carbonyl (C=O) groups is 3. The number of esters is 1. The molecule has 1 aliphatic heterocycles. The molecule has 10 nitrogen and oxygen atoms in total. The van der Waals surface area contributed by atoms with Crippen LogP contribution in [0.3, 0.4) is 0 Å². The topological polar surface area (TPSA) is 136 Å². The van der Waals surface area contributed by atoms with Crippen molar-refractivity contribution in [2.75, 3.05) is 6.54 Å². The summed E-state index contributed by atoms with van der Waals surface area (Å²) in [6.07, 6.45) is 15.3. The second kappa shape index (κ2) is 14.3. The fourth-order valence-electron chi connectivity index (χ4n) is 15.3. The number of amides is 1. The van der Waals surface area contributed by atoms with E-state index in [1.54, 1.807) is 12.4 Å². The highest BCUT2D eigenvalue weighted by atomic mass is 16.5. The third kappa shape index (κ3) is 6.30. The Hall–Kier alpha value is -3.56. The molecule has 0 bridgehead atoms. The molecule has 0 spiro atoms. The van der Waals surface area contributed by atoms with Crippen molar-refractivity contribution < 1.29 is 28.8 Å². The molecule has 8 rings (SSSR count). The van der Waals surface area contributed by atoms with Crippen molar-refractivity contribution in [3.8, 4) is 11.4 Å². The largest absolute Gasteiger partial charge is 0.481 e. The number of ether oxygens (including phenoxy) is 1. The van der Waals surface area contributed by atoms with Crippen LogP contribution in [0.5, 0.6) is 0 Å². The van der Waals surface area contributed by atoms with Crippen LogP contribution < -0.4 is 0 Å². The number of carboxylic acid groups (broad SMARTS) is 1. The van der Waals surface area contributed by atoms with Crippen LogP contribution in [0, 0.1) is 62.1 Å². The summed E-state index contributed by atoms with van der Waals surface area (Å²) in [7, 11) is 0. The Morgan fingerprint density at radius 3 is 2.43 bits per heavy atom. The fraction of sp³-hybridized carbons (Fsp3) is 0.750. The number of hydrogen-bond acceptors (Lipinski definition) is 8. The molecule has 58 heavy (non-hydrogen) atoms. The van der Waals surface area contributed by atoms with Crippen molar-refractivity contribution in [2.24, 2.45) is 62.1 Å². The molecule has 2 aromatic heterocycles. The number of nitrogens with zero attached hydrogens (tertiary/aromatic N) is 4. The first-order valence-electron chi connectivity index (χ1n) is 22.4. The highest BCUT2D eigenvalue weighted by Crippen LogP contribution is 2.78. The van der Waals surface area contributed by atoms with Crippen LogP contribution in [0.15, 0.2) is 41.2 Å². The molecule has 2 aromatic rings. The number of pyridine rings is 1. The number of likely N-dealkylation sites (tertiary alicyclic amines) is 1. The summed E-state index contributed by atoms with van der Waals surface area (Å²) in [6.45, 7) is 23.6. The lowest BCUT2D eigenvalue weighted by Crippen LogP contribution is -2.67. The average Bonchev–Trinajstić information content (AvgIpc) is 3.92. The molecule has 6 aliphatic rings. The van der Waals surface area contributed by atoms with Gasteiger partial charge in [0.05, 0.1) is 18.3 Å². The monoisotopic (exact) mass is 797 g/mol. The summed E-state index contributed by atoms with van der Waals surface area (Å²) in [5.41, 5.74) is 1.05. The first-order chi connectivity index (χ1) is 27.3. The van der Waals surface area contributed by atoms with Crippen LogP contribution in [-0.2, 0) is 19.1 Å². The lowest BCUT2D eigenvalue weighted by molar-refractivity contribution is -0.250. The summed E-state index contributed by atoms with van der Waals surface area (Å²) in [6, 6.07) is 3.58. The Kier molecular flexibility index (Phi) is 10.1. The van der Waals surface area contributed by atoms with E-state index in [1.165, 1.54) is 5.57 Å². The van der Waals surface area contributed by atoms with Gasteiger partial charge >= 0.3 is 11.9 Å². The van der Waals surface area contributed by atoms with Gasteiger partial charge in [0.2, 0.25) is 17.6 Å². The van der Waals surface area contributed by atoms with Gasteiger partial charge in [0.15, 0.2) is 0 Å². The second-order valence-electron chi connectivity index (χ2n) is 21.9. The molecular weight excluding hydrogens is 729 g/mol. The average molecular weight is 797 g/mol. The zero-order valence-corrected chi connectivity index (χ0v) is 36.4. The third-order valence-corrected chi connectivity index (χ3v) is 18.1. The molecule has 10 heteroatoms. The summed E-state index contributed by atoms with van der Waals surface area (Å²) in [5.74, 6) is 2.12. The molecule has 1 amide bonds. The van der Waals surface area contributed by atoms with E-state index >= 15 is 4.79 Å². The number of allylic oxidation sites excluding steroid dienone is 1. The molecule has 1 N–H and O–H groups in total. The molecule has 6 fully saturated rings. The van der Waals surface area contributed by atoms with Gasteiger partial charge in [-0.2, -0.15) is 4.98 Å². The summed E-state index contributed by atoms with van der Waals surface area (Å²) in [5, 5.41) is 13.7. The van der Waals surface area contributed by atoms with Crippen molar-refractivity contribution in [1.82, 2.24) is 20.0 Å². The van der Waals surface area contributed by atoms with Gasteiger partial charge in [0.1, 0.15) is 12.1 Å². The molecule has 0 unspecified atom stereocenters. The van der Waals surface area contributed by atoms with E-state index in [2.05, 4.69) is 63.2 Å². The fourth-order valence-corrected chi connectivity index (χ4v) is 15.3. The molecule has 11 atom stereocenters. The molecule has 316 valence electrons. The van der Waals surface area contributed by atoms with Crippen molar-refractivity contribution in [3.63, 3.8) is 0 Å². The molecule has 0 aromatic carbocycles. The Labute approximate surface area is 345 Å². The minimum atomic E-state index is -0.893. The van der Waals surface area contributed by atoms with E-state index in [0.717, 1.165) is 82.6 Å². The first kappa shape index (κ1) is 41.2. The van der Waals surface area contributed by atoms with Gasteiger partial charge in [0, 0.05) is 29.9 Å². The van der Waals surface area contributed by atoms with Crippen molar-refractivity contribution in [2.45, 2.75) is 157 Å². The number of aromatic nitrogens is 3. The van der Waals surface area contributed by atoms with E-state index in [4.69, 9.17) is 14.2 Å². The van der Waals surface area contributed by atoms with Crippen molar-refractivity contribution in [1.29, 1.82) is 0 Å². The van der Waals surface area contributed by atoms with Gasteiger partial charge in [-0.15, -0.1) is 0 Å². The second-order valence-corrected chi connectivity index (χ2v) is 21.9. The maximum Gasteiger partial charge on any atom is 0.306 e. The Balaban J connectivity index is 1.05.